The lowest BCUT2D eigenvalue weighted by Crippen LogP contribution is -2.64. The van der Waals surface area contributed by atoms with Crippen LogP contribution in [0.5, 0.6) is 0 Å². The van der Waals surface area contributed by atoms with Gasteiger partial charge in [-0.1, -0.05) is 49.0 Å². The molecule has 118 valence electrons. The molecule has 0 N–H and O–H groups in total. The number of hydrogen-bond donors (Lipinski definition) is 0. The van der Waals surface area contributed by atoms with Gasteiger partial charge in [0.25, 0.3) is 17.7 Å². The van der Waals surface area contributed by atoms with Crippen molar-refractivity contribution in [3.05, 3.63) is 84.1 Å². The van der Waals surface area contributed by atoms with Crippen molar-refractivity contribution >= 4 is 17.7 Å². The first-order chi connectivity index (χ1) is 11.6. The zero-order valence-corrected chi connectivity index (χ0v) is 12.8. The minimum absolute atomic E-state index is 0.298. The highest BCUT2D eigenvalue weighted by Crippen LogP contribution is 2.41. The molecule has 1 fully saturated rings. The molecule has 0 spiro atoms. The van der Waals surface area contributed by atoms with Crippen molar-refractivity contribution in [1.82, 2.24) is 9.80 Å². The lowest BCUT2D eigenvalue weighted by Gasteiger charge is -2.48. The smallest absolute Gasteiger partial charge is 0.262 e. The molecular weight excluding hydrogens is 304 g/mol. The molecule has 0 aliphatic carbocycles. The van der Waals surface area contributed by atoms with E-state index in [0.717, 1.165) is 10.5 Å². The van der Waals surface area contributed by atoms with E-state index in [1.807, 2.05) is 30.3 Å². The molecule has 0 saturated carbocycles. The Hall–Kier alpha value is -3.21. The Morgan fingerprint density at radius 1 is 0.792 bits per heavy atom. The Kier molecular flexibility index (Phi) is 3.09. The minimum Gasteiger partial charge on any atom is -0.308 e. The highest BCUT2D eigenvalue weighted by atomic mass is 16.2. The van der Waals surface area contributed by atoms with Crippen molar-refractivity contribution in [2.24, 2.45) is 0 Å². The number of carbonyl (C=O) groups excluding carboxylic acids is 3. The van der Waals surface area contributed by atoms with Crippen molar-refractivity contribution in [1.29, 1.82) is 0 Å². The summed E-state index contributed by atoms with van der Waals surface area (Å²) in [5, 5.41) is 0. The summed E-state index contributed by atoms with van der Waals surface area (Å²) in [5.74, 6) is -1.13. The second kappa shape index (κ2) is 5.16. The lowest BCUT2D eigenvalue weighted by molar-refractivity contribution is -0.150. The summed E-state index contributed by atoms with van der Waals surface area (Å²) >= 11 is 0. The van der Waals surface area contributed by atoms with Crippen LogP contribution in [0.4, 0.5) is 0 Å². The zero-order valence-electron chi connectivity index (χ0n) is 12.8. The summed E-state index contributed by atoms with van der Waals surface area (Å²) in [6.07, 6.45) is 1.44. The van der Waals surface area contributed by atoms with Crippen molar-refractivity contribution in [3.63, 3.8) is 0 Å². The molecule has 2 atom stereocenters. The van der Waals surface area contributed by atoms with E-state index >= 15 is 0 Å². The summed E-state index contributed by atoms with van der Waals surface area (Å²) in [4.78, 5) is 40.4. The number of fused-ring (bicyclic) bond motifs is 1. The molecule has 2 aliphatic rings. The Bertz CT molecular complexity index is 840. The van der Waals surface area contributed by atoms with Gasteiger partial charge >= 0.3 is 0 Å². The highest BCUT2D eigenvalue weighted by molar-refractivity contribution is 6.23. The van der Waals surface area contributed by atoms with Crippen molar-refractivity contribution in [3.8, 4) is 0 Å². The van der Waals surface area contributed by atoms with Crippen LogP contribution in [-0.2, 0) is 4.79 Å². The van der Waals surface area contributed by atoms with Gasteiger partial charge in [0.05, 0.1) is 17.2 Å². The molecule has 2 heterocycles. The number of rotatable bonds is 3. The number of β-lactam (4-membered cyclic amide) rings is 1. The first-order valence-corrected chi connectivity index (χ1v) is 7.61. The molecule has 5 nitrogen and oxygen atoms in total. The van der Waals surface area contributed by atoms with Crippen LogP contribution in [0.25, 0.3) is 0 Å². The average Bonchev–Trinajstić information content (AvgIpc) is 2.86. The molecule has 3 amide bonds. The zero-order chi connectivity index (χ0) is 16.8. The van der Waals surface area contributed by atoms with Gasteiger partial charge in [0.1, 0.15) is 6.04 Å². The Morgan fingerprint density at radius 2 is 1.33 bits per heavy atom. The van der Waals surface area contributed by atoms with Crippen molar-refractivity contribution in [2.45, 2.75) is 12.1 Å². The first kappa shape index (κ1) is 14.4. The van der Waals surface area contributed by atoms with E-state index in [-0.39, 0.29) is 5.91 Å². The number of benzene rings is 2. The van der Waals surface area contributed by atoms with Crippen molar-refractivity contribution < 1.29 is 14.4 Å². The van der Waals surface area contributed by atoms with Crippen LogP contribution in [0.2, 0.25) is 0 Å². The molecule has 0 aromatic heterocycles. The summed E-state index contributed by atoms with van der Waals surface area (Å²) in [7, 11) is 0. The average molecular weight is 318 g/mol. The van der Waals surface area contributed by atoms with Gasteiger partial charge in [0, 0.05) is 6.20 Å². The normalized spacial score (nSPS) is 22.4. The predicted molar refractivity (Wildman–Crippen MR) is 87.0 cm³/mol. The maximum Gasteiger partial charge on any atom is 0.262 e. The maximum absolute atomic E-state index is 12.7. The highest BCUT2D eigenvalue weighted by Gasteiger charge is 2.55. The second-order valence-electron chi connectivity index (χ2n) is 5.75. The van der Waals surface area contributed by atoms with E-state index in [0.29, 0.717) is 11.1 Å². The Labute approximate surface area is 138 Å². The predicted octanol–water partition coefficient (Wildman–Crippen LogP) is 2.38. The van der Waals surface area contributed by atoms with Crippen LogP contribution >= 0.6 is 0 Å². The molecule has 5 heteroatoms. The largest absolute Gasteiger partial charge is 0.308 e. The molecule has 0 unspecified atom stereocenters. The number of carbonyl (C=O) groups is 3. The summed E-state index contributed by atoms with van der Waals surface area (Å²) in [6, 6.07) is 14.7. The minimum atomic E-state index is -0.835. The third-order valence-electron chi connectivity index (χ3n) is 4.55. The number of imide groups is 1. The topological polar surface area (TPSA) is 57.7 Å². The molecule has 0 radical (unpaired) electrons. The van der Waals surface area contributed by atoms with E-state index in [9.17, 15) is 14.4 Å². The molecule has 24 heavy (non-hydrogen) atoms. The van der Waals surface area contributed by atoms with Crippen LogP contribution in [0.15, 0.2) is 67.4 Å². The second-order valence-corrected chi connectivity index (χ2v) is 5.75. The number of likely N-dealkylation sites (tertiary alicyclic amines) is 1. The lowest BCUT2D eigenvalue weighted by atomic mass is 9.87. The van der Waals surface area contributed by atoms with Gasteiger partial charge in [-0.05, 0) is 17.7 Å². The third kappa shape index (κ3) is 1.78. The first-order valence-electron chi connectivity index (χ1n) is 7.61. The van der Waals surface area contributed by atoms with Crippen LogP contribution in [-0.4, -0.2) is 33.6 Å². The number of hydrogen-bond acceptors (Lipinski definition) is 3. The number of amides is 3. The van der Waals surface area contributed by atoms with Gasteiger partial charge < -0.3 is 4.90 Å². The quantitative estimate of drug-likeness (QED) is 0.645. The monoisotopic (exact) mass is 318 g/mol. The fourth-order valence-electron chi connectivity index (χ4n) is 3.40. The summed E-state index contributed by atoms with van der Waals surface area (Å²) in [6.45, 7) is 3.66. The van der Waals surface area contributed by atoms with Crippen molar-refractivity contribution in [2.75, 3.05) is 0 Å². The molecule has 2 aliphatic heterocycles. The van der Waals surface area contributed by atoms with Gasteiger partial charge in [-0.2, -0.15) is 0 Å². The standard InChI is InChI=1S/C19H14N2O3/c1-2-20-15(12-8-4-3-5-9-12)16(19(20)24)21-17(22)13-10-6-7-11-14(13)18(21)23/h2-11,15-16H,1H2/t15-,16+/m1/s1. The molecular formula is C19H14N2O3. The van der Waals surface area contributed by atoms with E-state index in [1.165, 1.54) is 11.1 Å². The SMILES string of the molecule is C=CN1C(=O)[C@@H](N2C(=O)c3ccccc3C2=O)[C@H]1c1ccccc1. The van der Waals surface area contributed by atoms with Crippen LogP contribution < -0.4 is 0 Å². The Balaban J connectivity index is 1.76. The van der Waals surface area contributed by atoms with E-state index in [1.54, 1.807) is 24.3 Å². The molecule has 4 rings (SSSR count). The van der Waals surface area contributed by atoms with E-state index < -0.39 is 23.9 Å². The van der Waals surface area contributed by atoms with Gasteiger partial charge in [-0.15, -0.1) is 0 Å². The fraction of sp³-hybridized carbons (Fsp3) is 0.105. The summed E-state index contributed by atoms with van der Waals surface area (Å²) < 4.78 is 0. The fourth-order valence-corrected chi connectivity index (χ4v) is 3.40. The van der Waals surface area contributed by atoms with Gasteiger partial charge in [0.15, 0.2) is 0 Å². The molecule has 0 bridgehead atoms. The van der Waals surface area contributed by atoms with Gasteiger partial charge in [-0.25, -0.2) is 0 Å². The molecule has 1 saturated heterocycles. The van der Waals surface area contributed by atoms with E-state index in [2.05, 4.69) is 6.58 Å². The van der Waals surface area contributed by atoms with E-state index in [4.69, 9.17) is 0 Å². The van der Waals surface area contributed by atoms with Crippen LogP contribution in [0.3, 0.4) is 0 Å². The van der Waals surface area contributed by atoms with Gasteiger partial charge in [-0.3, -0.25) is 19.3 Å². The summed E-state index contributed by atoms with van der Waals surface area (Å²) in [5.41, 5.74) is 1.55. The number of nitrogens with zero attached hydrogens (tertiary/aromatic N) is 2. The maximum atomic E-state index is 12.7. The van der Waals surface area contributed by atoms with Crippen LogP contribution in [0, 0.1) is 0 Å². The van der Waals surface area contributed by atoms with Crippen LogP contribution in [0.1, 0.15) is 32.3 Å². The van der Waals surface area contributed by atoms with Gasteiger partial charge in [0.2, 0.25) is 0 Å². The third-order valence-corrected chi connectivity index (χ3v) is 4.55. The molecule has 2 aromatic carbocycles. The molecule has 2 aromatic rings. The Morgan fingerprint density at radius 3 is 1.88 bits per heavy atom.